The average molecular weight is 166 g/mol. The molecule has 0 bridgehead atoms. The molecule has 68 valence electrons. The molecule has 2 aliphatic carbocycles. The fourth-order valence-corrected chi connectivity index (χ4v) is 2.95. The Morgan fingerprint density at radius 1 is 1.33 bits per heavy atom. The lowest BCUT2D eigenvalue weighted by atomic mass is 9.60. The standard InChI is InChI=1S/C11H18O/c1-11-6-3-2-4-9(11)8-10(12)5-7-11/h9H,2-8H2,1H3/t9-,11-/m0/s1. The topological polar surface area (TPSA) is 17.1 Å². The third-order valence-electron chi connectivity index (χ3n) is 3.99. The summed E-state index contributed by atoms with van der Waals surface area (Å²) >= 11 is 0. The van der Waals surface area contributed by atoms with E-state index in [2.05, 4.69) is 6.92 Å². The normalized spacial score (nSPS) is 42.4. The minimum atomic E-state index is 0.513. The highest BCUT2D eigenvalue weighted by atomic mass is 16.1. The Kier molecular flexibility index (Phi) is 1.97. The number of ketones is 1. The lowest BCUT2D eigenvalue weighted by molar-refractivity contribution is -0.125. The molecule has 0 heterocycles. The third kappa shape index (κ3) is 1.30. The van der Waals surface area contributed by atoms with Gasteiger partial charge >= 0.3 is 0 Å². The smallest absolute Gasteiger partial charge is 0.133 e. The number of rotatable bonds is 0. The first-order valence-electron chi connectivity index (χ1n) is 5.22. The van der Waals surface area contributed by atoms with E-state index in [1.165, 1.54) is 25.7 Å². The van der Waals surface area contributed by atoms with Crippen molar-refractivity contribution in [2.24, 2.45) is 11.3 Å². The van der Waals surface area contributed by atoms with Gasteiger partial charge in [0.1, 0.15) is 5.78 Å². The van der Waals surface area contributed by atoms with Crippen molar-refractivity contribution in [2.45, 2.75) is 51.9 Å². The molecule has 0 aromatic heterocycles. The molecule has 2 fully saturated rings. The zero-order chi connectivity index (χ0) is 8.60. The lowest BCUT2D eigenvalue weighted by Gasteiger charge is -2.44. The predicted molar refractivity (Wildman–Crippen MR) is 48.9 cm³/mol. The second-order valence-electron chi connectivity index (χ2n) is 4.84. The molecule has 0 saturated heterocycles. The van der Waals surface area contributed by atoms with E-state index in [1.54, 1.807) is 0 Å². The van der Waals surface area contributed by atoms with Gasteiger partial charge in [-0.1, -0.05) is 19.8 Å². The van der Waals surface area contributed by atoms with Gasteiger partial charge in [-0.05, 0) is 30.6 Å². The average Bonchev–Trinajstić information content (AvgIpc) is 2.06. The summed E-state index contributed by atoms with van der Waals surface area (Å²) in [6.07, 6.45) is 8.32. The van der Waals surface area contributed by atoms with Gasteiger partial charge in [0.25, 0.3) is 0 Å². The first-order valence-corrected chi connectivity index (χ1v) is 5.22. The molecular weight excluding hydrogens is 148 g/mol. The number of fused-ring (bicyclic) bond motifs is 1. The van der Waals surface area contributed by atoms with Crippen molar-refractivity contribution in [1.29, 1.82) is 0 Å². The van der Waals surface area contributed by atoms with Gasteiger partial charge in [0.05, 0.1) is 0 Å². The maximum absolute atomic E-state index is 11.3. The van der Waals surface area contributed by atoms with Gasteiger partial charge < -0.3 is 0 Å². The van der Waals surface area contributed by atoms with Crippen LogP contribution >= 0.6 is 0 Å². The molecule has 2 aliphatic rings. The fraction of sp³-hybridized carbons (Fsp3) is 0.909. The summed E-state index contributed by atoms with van der Waals surface area (Å²) in [5, 5.41) is 0. The van der Waals surface area contributed by atoms with Crippen LogP contribution in [0.25, 0.3) is 0 Å². The van der Waals surface area contributed by atoms with Crippen molar-refractivity contribution in [3.63, 3.8) is 0 Å². The fourth-order valence-electron chi connectivity index (χ4n) is 2.95. The minimum absolute atomic E-state index is 0.513. The van der Waals surface area contributed by atoms with Crippen LogP contribution in [-0.2, 0) is 4.79 Å². The highest BCUT2D eigenvalue weighted by Gasteiger charge is 2.40. The third-order valence-corrected chi connectivity index (χ3v) is 3.99. The quantitative estimate of drug-likeness (QED) is 0.540. The first kappa shape index (κ1) is 8.28. The second-order valence-corrected chi connectivity index (χ2v) is 4.84. The van der Waals surface area contributed by atoms with Gasteiger partial charge in [-0.15, -0.1) is 0 Å². The highest BCUT2D eigenvalue weighted by Crippen LogP contribution is 2.48. The van der Waals surface area contributed by atoms with E-state index in [9.17, 15) is 4.79 Å². The number of hydrogen-bond acceptors (Lipinski definition) is 1. The number of Topliss-reactive ketones (excluding diaryl/α,β-unsaturated/α-hetero) is 1. The molecule has 2 saturated carbocycles. The Hall–Kier alpha value is -0.330. The molecule has 0 spiro atoms. The number of carbonyl (C=O) groups excluding carboxylic acids is 1. The molecule has 0 N–H and O–H groups in total. The van der Waals surface area contributed by atoms with Gasteiger partial charge in [-0.2, -0.15) is 0 Å². The molecule has 0 radical (unpaired) electrons. The molecule has 0 aliphatic heterocycles. The van der Waals surface area contributed by atoms with Crippen LogP contribution in [0.5, 0.6) is 0 Å². The van der Waals surface area contributed by atoms with Crippen LogP contribution in [0.4, 0.5) is 0 Å². The lowest BCUT2D eigenvalue weighted by Crippen LogP contribution is -2.36. The zero-order valence-corrected chi connectivity index (χ0v) is 7.94. The van der Waals surface area contributed by atoms with Crippen LogP contribution in [-0.4, -0.2) is 5.78 Å². The van der Waals surface area contributed by atoms with E-state index < -0.39 is 0 Å². The summed E-state index contributed by atoms with van der Waals surface area (Å²) in [4.78, 5) is 11.3. The maximum atomic E-state index is 11.3. The second kappa shape index (κ2) is 2.86. The molecule has 1 nitrogen and oxygen atoms in total. The molecular formula is C11H18O. The van der Waals surface area contributed by atoms with E-state index in [4.69, 9.17) is 0 Å². The van der Waals surface area contributed by atoms with Crippen molar-refractivity contribution in [1.82, 2.24) is 0 Å². The van der Waals surface area contributed by atoms with E-state index in [-0.39, 0.29) is 0 Å². The highest BCUT2D eigenvalue weighted by molar-refractivity contribution is 5.79. The Morgan fingerprint density at radius 3 is 3.00 bits per heavy atom. The van der Waals surface area contributed by atoms with Crippen molar-refractivity contribution in [3.05, 3.63) is 0 Å². The molecule has 2 atom stereocenters. The van der Waals surface area contributed by atoms with Gasteiger partial charge in [0.15, 0.2) is 0 Å². The Bertz CT molecular complexity index is 197. The summed E-state index contributed by atoms with van der Waals surface area (Å²) in [5.74, 6) is 1.24. The molecule has 1 heteroatoms. The van der Waals surface area contributed by atoms with Crippen LogP contribution in [0.3, 0.4) is 0 Å². The van der Waals surface area contributed by atoms with E-state index in [0.29, 0.717) is 11.2 Å². The number of hydrogen-bond donors (Lipinski definition) is 0. The first-order chi connectivity index (χ1) is 5.71. The Balaban J connectivity index is 2.11. The molecule has 2 rings (SSSR count). The predicted octanol–water partition coefficient (Wildman–Crippen LogP) is 2.94. The van der Waals surface area contributed by atoms with Crippen molar-refractivity contribution >= 4 is 5.78 Å². The van der Waals surface area contributed by atoms with E-state index in [1.807, 2.05) is 0 Å². The van der Waals surface area contributed by atoms with Crippen molar-refractivity contribution in [2.75, 3.05) is 0 Å². The van der Waals surface area contributed by atoms with Gasteiger partial charge in [0, 0.05) is 12.8 Å². The largest absolute Gasteiger partial charge is 0.300 e. The SMILES string of the molecule is C[C@@]12CCCC[C@H]1CC(=O)CC2. The summed E-state index contributed by atoms with van der Waals surface area (Å²) in [7, 11) is 0. The monoisotopic (exact) mass is 166 g/mol. The Labute approximate surface area is 74.5 Å². The van der Waals surface area contributed by atoms with Crippen LogP contribution in [0.1, 0.15) is 51.9 Å². The molecule has 0 aromatic rings. The molecule has 12 heavy (non-hydrogen) atoms. The van der Waals surface area contributed by atoms with Crippen LogP contribution in [0.15, 0.2) is 0 Å². The van der Waals surface area contributed by atoms with Gasteiger partial charge in [-0.25, -0.2) is 0 Å². The van der Waals surface area contributed by atoms with Crippen LogP contribution in [0.2, 0.25) is 0 Å². The minimum Gasteiger partial charge on any atom is -0.300 e. The Morgan fingerprint density at radius 2 is 2.17 bits per heavy atom. The van der Waals surface area contributed by atoms with Gasteiger partial charge in [0.2, 0.25) is 0 Å². The van der Waals surface area contributed by atoms with Crippen molar-refractivity contribution in [3.8, 4) is 0 Å². The van der Waals surface area contributed by atoms with Crippen molar-refractivity contribution < 1.29 is 4.79 Å². The molecule has 0 aromatic carbocycles. The van der Waals surface area contributed by atoms with E-state index >= 15 is 0 Å². The molecule has 0 unspecified atom stereocenters. The zero-order valence-electron chi connectivity index (χ0n) is 7.94. The summed E-state index contributed by atoms with van der Waals surface area (Å²) in [6.45, 7) is 2.39. The van der Waals surface area contributed by atoms with Crippen LogP contribution < -0.4 is 0 Å². The summed E-state index contributed by atoms with van der Waals surface area (Å²) in [5.41, 5.74) is 0.534. The van der Waals surface area contributed by atoms with Gasteiger partial charge in [-0.3, -0.25) is 4.79 Å². The summed E-state index contributed by atoms with van der Waals surface area (Å²) < 4.78 is 0. The van der Waals surface area contributed by atoms with Crippen LogP contribution in [0, 0.1) is 11.3 Å². The number of carbonyl (C=O) groups is 1. The summed E-state index contributed by atoms with van der Waals surface area (Å²) in [6, 6.07) is 0. The van der Waals surface area contributed by atoms with E-state index in [0.717, 1.165) is 25.2 Å². The maximum Gasteiger partial charge on any atom is 0.133 e. The molecule has 0 amide bonds.